The van der Waals surface area contributed by atoms with Gasteiger partial charge in [-0.2, -0.15) is 26.3 Å². The number of alkyl halides is 6. The minimum Gasteiger partial charge on any atom is -0.475 e. The molecule has 0 aromatic carbocycles. The molecule has 9 nitrogen and oxygen atoms in total. The molecule has 16 heteroatoms. The van der Waals surface area contributed by atoms with Crippen molar-refractivity contribution in [2.75, 3.05) is 18.8 Å². The van der Waals surface area contributed by atoms with Gasteiger partial charge in [0.1, 0.15) is 6.10 Å². The smallest absolute Gasteiger partial charge is 0.475 e. The van der Waals surface area contributed by atoms with Gasteiger partial charge in [-0.1, -0.05) is 6.07 Å². The average molecular weight is 555 g/mol. The molecule has 2 N–H and O–H groups in total. The lowest BCUT2D eigenvalue weighted by Gasteiger charge is -2.47. The Bertz CT molecular complexity index is 1040. The maximum absolute atomic E-state index is 12.4. The van der Waals surface area contributed by atoms with Crippen molar-refractivity contribution in [1.29, 1.82) is 0 Å². The highest BCUT2D eigenvalue weighted by Crippen LogP contribution is 2.46. The zero-order chi connectivity index (χ0) is 27.9. The number of hydrogen-bond donors (Lipinski definition) is 2. The summed E-state index contributed by atoms with van der Waals surface area (Å²) < 4.78 is 69.6. The summed E-state index contributed by atoms with van der Waals surface area (Å²) in [6, 6.07) is 9.23. The number of hydrogen-bond acceptors (Lipinski definition) is 7. The van der Waals surface area contributed by atoms with Gasteiger partial charge in [0.25, 0.3) is 5.91 Å². The van der Waals surface area contributed by atoms with Gasteiger partial charge in [0.05, 0.1) is 4.75 Å². The lowest BCUT2D eigenvalue weighted by molar-refractivity contribution is -0.193. The number of carboxylic acid groups (broad SMARTS) is 2. The third-order valence-electron chi connectivity index (χ3n) is 4.76. The van der Waals surface area contributed by atoms with Gasteiger partial charge >= 0.3 is 24.3 Å². The number of carbonyl (C=O) groups excluding carboxylic acids is 1. The van der Waals surface area contributed by atoms with Crippen LogP contribution < -0.4 is 4.74 Å². The van der Waals surface area contributed by atoms with Crippen LogP contribution >= 0.6 is 11.8 Å². The van der Waals surface area contributed by atoms with E-state index in [2.05, 4.69) is 9.97 Å². The van der Waals surface area contributed by atoms with E-state index in [0.29, 0.717) is 11.4 Å². The van der Waals surface area contributed by atoms with Crippen LogP contribution in [0.15, 0.2) is 48.9 Å². The van der Waals surface area contributed by atoms with Crippen LogP contribution in [0.4, 0.5) is 26.3 Å². The fourth-order valence-corrected chi connectivity index (χ4v) is 4.68. The van der Waals surface area contributed by atoms with E-state index < -0.39 is 24.3 Å². The van der Waals surface area contributed by atoms with Gasteiger partial charge < -0.3 is 19.8 Å². The zero-order valence-corrected chi connectivity index (χ0v) is 19.4. The predicted octanol–water partition coefficient (Wildman–Crippen LogP) is 3.52. The number of pyridine rings is 2. The quantitative estimate of drug-likeness (QED) is 0.547. The lowest BCUT2D eigenvalue weighted by atomic mass is 9.92. The molecule has 0 aliphatic carbocycles. The highest BCUT2D eigenvalue weighted by atomic mass is 32.2. The number of aromatic nitrogens is 2. The second-order valence-corrected chi connectivity index (χ2v) is 9.10. The van der Waals surface area contributed by atoms with Gasteiger partial charge in [-0.3, -0.25) is 9.78 Å². The molecule has 1 spiro atoms. The highest BCUT2D eigenvalue weighted by molar-refractivity contribution is 8.01. The normalized spacial score (nSPS) is 17.9. The highest BCUT2D eigenvalue weighted by Gasteiger charge is 2.51. The number of ether oxygens (including phenoxy) is 1. The van der Waals surface area contributed by atoms with Crippen LogP contribution in [-0.4, -0.2) is 85.0 Å². The molecule has 0 saturated carbocycles. The first-order valence-electron chi connectivity index (χ1n) is 10.1. The van der Waals surface area contributed by atoms with Crippen molar-refractivity contribution in [3.63, 3.8) is 0 Å². The van der Waals surface area contributed by atoms with E-state index in [0.717, 1.165) is 25.3 Å². The second kappa shape index (κ2) is 12.1. The molecule has 0 radical (unpaired) electrons. The third kappa shape index (κ3) is 9.11. The summed E-state index contributed by atoms with van der Waals surface area (Å²) in [6.07, 6.45) is -3.97. The summed E-state index contributed by atoms with van der Waals surface area (Å²) in [4.78, 5) is 40.3. The Hall–Kier alpha value is -3.56. The molecule has 2 aromatic rings. The molecule has 2 saturated heterocycles. The Morgan fingerprint density at radius 1 is 0.946 bits per heavy atom. The minimum absolute atomic E-state index is 0.0905. The molecule has 2 aliphatic heterocycles. The molecule has 4 heterocycles. The fraction of sp³-hybridized carbons (Fsp3) is 0.381. The van der Waals surface area contributed by atoms with Crippen LogP contribution in [0.3, 0.4) is 0 Å². The van der Waals surface area contributed by atoms with Crippen LogP contribution in [0.1, 0.15) is 16.8 Å². The molecule has 1 unspecified atom stereocenters. The standard InChI is InChI=1S/C17H17N3O2S.2C2HF3O2/c21-16(13-4-7-18-8-5-13)20-11-17(12-20)9-14(10-23-17)22-15-3-1-2-6-19-15;2*3-2(4,5)1(6)7/h1-8,14H,9-12H2;2*(H,6,7). The number of carbonyl (C=O) groups is 3. The van der Waals surface area contributed by atoms with Gasteiger partial charge in [-0.05, 0) is 18.2 Å². The van der Waals surface area contributed by atoms with Crippen LogP contribution in [0, 0.1) is 0 Å². The largest absolute Gasteiger partial charge is 0.490 e. The van der Waals surface area contributed by atoms with Crippen molar-refractivity contribution < 1.29 is 55.7 Å². The number of thioether (sulfide) groups is 1. The van der Waals surface area contributed by atoms with E-state index in [9.17, 15) is 31.1 Å². The molecule has 202 valence electrons. The molecule has 2 fully saturated rings. The Morgan fingerprint density at radius 2 is 1.49 bits per heavy atom. The van der Waals surface area contributed by atoms with Gasteiger partial charge in [-0.25, -0.2) is 14.6 Å². The van der Waals surface area contributed by atoms with E-state index in [1.807, 2.05) is 34.9 Å². The molecule has 2 aliphatic rings. The summed E-state index contributed by atoms with van der Waals surface area (Å²) in [5.41, 5.74) is 0.708. The van der Waals surface area contributed by atoms with Crippen molar-refractivity contribution >= 4 is 29.6 Å². The predicted molar refractivity (Wildman–Crippen MR) is 116 cm³/mol. The second-order valence-electron chi connectivity index (χ2n) is 7.61. The van der Waals surface area contributed by atoms with Crippen molar-refractivity contribution in [2.45, 2.75) is 29.6 Å². The van der Waals surface area contributed by atoms with Crippen molar-refractivity contribution in [1.82, 2.24) is 14.9 Å². The molecule has 1 amide bonds. The molecule has 2 aromatic heterocycles. The summed E-state index contributed by atoms with van der Waals surface area (Å²) in [6.45, 7) is 1.59. The van der Waals surface area contributed by atoms with Crippen LogP contribution in [0.25, 0.3) is 0 Å². The van der Waals surface area contributed by atoms with Gasteiger partial charge in [-0.15, -0.1) is 11.8 Å². The number of halogens is 6. The Balaban J connectivity index is 0.000000286. The number of nitrogens with zero attached hydrogens (tertiary/aromatic N) is 3. The van der Waals surface area contributed by atoms with Crippen molar-refractivity contribution in [2.24, 2.45) is 0 Å². The number of amides is 1. The van der Waals surface area contributed by atoms with Crippen molar-refractivity contribution in [3.05, 3.63) is 54.5 Å². The van der Waals surface area contributed by atoms with Gasteiger partial charge in [0, 0.05) is 55.5 Å². The number of rotatable bonds is 3. The van der Waals surface area contributed by atoms with Crippen LogP contribution in [0.5, 0.6) is 5.88 Å². The molecule has 0 bridgehead atoms. The lowest BCUT2D eigenvalue weighted by Crippen LogP contribution is -2.60. The number of aliphatic carboxylic acids is 2. The number of carboxylic acids is 2. The average Bonchev–Trinajstić information content (AvgIpc) is 3.23. The Labute approximate surface area is 209 Å². The third-order valence-corrected chi connectivity index (χ3v) is 6.33. The first kappa shape index (κ1) is 29.7. The summed E-state index contributed by atoms with van der Waals surface area (Å²) in [5, 5.41) is 14.2. The van der Waals surface area contributed by atoms with Crippen LogP contribution in [-0.2, 0) is 9.59 Å². The summed E-state index contributed by atoms with van der Waals surface area (Å²) in [5.74, 6) is -3.79. The summed E-state index contributed by atoms with van der Waals surface area (Å²) in [7, 11) is 0. The SMILES string of the molecule is O=C(O)C(F)(F)F.O=C(O)C(F)(F)F.O=C(c1ccncc1)N1CC2(CC(Oc3ccccn3)CS2)C1. The molecule has 37 heavy (non-hydrogen) atoms. The zero-order valence-electron chi connectivity index (χ0n) is 18.6. The van der Waals surface area contributed by atoms with E-state index in [1.54, 1.807) is 30.7 Å². The van der Waals surface area contributed by atoms with Crippen LogP contribution in [0.2, 0.25) is 0 Å². The van der Waals surface area contributed by atoms with Crippen molar-refractivity contribution in [3.8, 4) is 5.88 Å². The Kier molecular flexibility index (Phi) is 9.72. The van der Waals surface area contributed by atoms with E-state index in [-0.39, 0.29) is 16.8 Å². The van der Waals surface area contributed by atoms with E-state index >= 15 is 0 Å². The first-order valence-corrected chi connectivity index (χ1v) is 11.1. The maximum atomic E-state index is 12.4. The maximum Gasteiger partial charge on any atom is 0.490 e. The molecule has 1 atom stereocenters. The summed E-state index contributed by atoms with van der Waals surface area (Å²) >= 11 is 1.92. The topological polar surface area (TPSA) is 130 Å². The molecular formula is C21H19F6N3O6S. The Morgan fingerprint density at radius 3 is 1.95 bits per heavy atom. The van der Waals surface area contributed by atoms with E-state index in [4.69, 9.17) is 24.5 Å². The monoisotopic (exact) mass is 555 g/mol. The minimum atomic E-state index is -5.08. The number of likely N-dealkylation sites (tertiary alicyclic amines) is 1. The van der Waals surface area contributed by atoms with E-state index in [1.165, 1.54) is 0 Å². The first-order chi connectivity index (χ1) is 17.1. The molecule has 4 rings (SSSR count). The van der Waals surface area contributed by atoms with Gasteiger partial charge in [0.15, 0.2) is 0 Å². The molecular weight excluding hydrogens is 536 g/mol. The van der Waals surface area contributed by atoms with Gasteiger partial charge in [0.2, 0.25) is 5.88 Å². The fourth-order valence-electron chi connectivity index (χ4n) is 3.16.